The zero-order valence-corrected chi connectivity index (χ0v) is 46.0. The van der Waals surface area contributed by atoms with E-state index in [1.165, 1.54) is 19.1 Å². The summed E-state index contributed by atoms with van der Waals surface area (Å²) in [6.07, 6.45) is 9.09. The minimum absolute atomic E-state index is 0.0680. The molecule has 0 radical (unpaired) electrons. The largest absolute Gasteiger partial charge is 0.455 e. The Kier molecular flexibility index (Phi) is 25.0. The number of amides is 8. The summed E-state index contributed by atoms with van der Waals surface area (Å²) in [4.78, 5) is 126. The van der Waals surface area contributed by atoms with Crippen LogP contribution in [0, 0.1) is 17.8 Å². The smallest absolute Gasteiger partial charge is 0.303 e. The van der Waals surface area contributed by atoms with Crippen LogP contribution in [-0.2, 0) is 49.5 Å². The van der Waals surface area contributed by atoms with Crippen LogP contribution in [-0.4, -0.2) is 137 Å². The van der Waals surface area contributed by atoms with Crippen molar-refractivity contribution in [3.05, 3.63) is 58.1 Å². The van der Waals surface area contributed by atoms with E-state index in [4.69, 9.17) is 16.2 Å². The number of unbranched alkanes of at least 4 members (excludes halogenated alkanes) is 3. The van der Waals surface area contributed by atoms with Gasteiger partial charge in [0.05, 0.1) is 6.04 Å². The summed E-state index contributed by atoms with van der Waals surface area (Å²) in [5.41, 5.74) is 12.7. The van der Waals surface area contributed by atoms with E-state index in [1.54, 1.807) is 48.5 Å². The molecule has 0 spiro atoms. The molecular formula is C54H82N10O10S. The molecule has 8 N–H and O–H groups in total. The number of rotatable bonds is 31. The highest BCUT2D eigenvalue weighted by atomic mass is 32.1. The molecule has 20 nitrogen and oxygen atoms in total. The zero-order chi connectivity index (χ0) is 55.4. The van der Waals surface area contributed by atoms with E-state index in [0.717, 1.165) is 47.6 Å². The van der Waals surface area contributed by atoms with Gasteiger partial charge in [-0.3, -0.25) is 53.0 Å². The number of aromatic nitrogens is 1. The molecule has 0 aliphatic carbocycles. The summed E-state index contributed by atoms with van der Waals surface area (Å²) < 4.78 is 5.83. The van der Waals surface area contributed by atoms with Crippen molar-refractivity contribution >= 4 is 70.3 Å². The summed E-state index contributed by atoms with van der Waals surface area (Å²) in [5, 5.41) is 13.8. The van der Waals surface area contributed by atoms with Gasteiger partial charge in [0.1, 0.15) is 22.8 Å². The highest BCUT2D eigenvalue weighted by molar-refractivity contribution is 7.09. The monoisotopic (exact) mass is 1060 g/mol. The fourth-order valence-corrected chi connectivity index (χ4v) is 10.2. The van der Waals surface area contributed by atoms with Gasteiger partial charge in [-0.25, -0.2) is 4.98 Å². The van der Waals surface area contributed by atoms with Gasteiger partial charge < -0.3 is 42.4 Å². The third kappa shape index (κ3) is 19.2. The van der Waals surface area contributed by atoms with Crippen LogP contribution < -0.4 is 32.7 Å². The first-order valence-corrected chi connectivity index (χ1v) is 27.4. The summed E-state index contributed by atoms with van der Waals surface area (Å²) >= 11 is 1.14. The van der Waals surface area contributed by atoms with E-state index in [0.29, 0.717) is 62.2 Å². The summed E-state index contributed by atoms with van der Waals surface area (Å²) in [6, 6.07) is 4.07. The number of nitrogens with two attached hydrogens (primary N) is 2. The molecule has 4 rings (SSSR count). The number of carbonyl (C=O) groups is 9. The normalized spacial score (nSPS) is 17.6. The van der Waals surface area contributed by atoms with Crippen LogP contribution >= 0.6 is 11.3 Å². The molecule has 0 bridgehead atoms. The number of hydrogen-bond acceptors (Lipinski definition) is 14. The van der Waals surface area contributed by atoms with Crippen molar-refractivity contribution in [3.8, 4) is 0 Å². The van der Waals surface area contributed by atoms with Crippen LogP contribution in [0.3, 0.4) is 0 Å². The standard InChI is InChI=1S/C54H82N10O10S/c1-9-34(4)48(61-52(72)42-18-13-16-27-62(42)7)54(73)63(8)43(33(2)3)31-44(74-36(6)65)53-60-41(32-75-53)51(71)58-39(29-35(5)49(56)69)30-37-20-22-38(23-21-37)57-50(70)40(17-12-14-26-55)59-45(66)19-11-10-15-28-64-46(67)24-25-47(64)68/h20-25,32-35,39-40,42-44,48H,9-19,26-31,55H2,1-8H3,(H2,56,69)(H,57,70)(H,58,71)(H,59,66)(H,61,72). The van der Waals surface area contributed by atoms with Gasteiger partial charge in [-0.1, -0.05) is 66.0 Å². The number of carbonyl (C=O) groups excluding carboxylic acids is 9. The van der Waals surface area contributed by atoms with Crippen LogP contribution in [0.5, 0.6) is 0 Å². The van der Waals surface area contributed by atoms with Gasteiger partial charge in [0.15, 0.2) is 6.10 Å². The second-order valence-corrected chi connectivity index (χ2v) is 21.4. The number of esters is 1. The number of nitrogens with one attached hydrogen (secondary N) is 4. The third-order valence-electron chi connectivity index (χ3n) is 14.2. The number of anilines is 1. The Morgan fingerprint density at radius 2 is 1.60 bits per heavy atom. The first-order chi connectivity index (χ1) is 35.6. The van der Waals surface area contributed by atoms with E-state index in [2.05, 4.69) is 26.3 Å². The van der Waals surface area contributed by atoms with Gasteiger partial charge in [0, 0.05) is 74.6 Å². The van der Waals surface area contributed by atoms with Gasteiger partial charge in [0.2, 0.25) is 29.5 Å². The highest BCUT2D eigenvalue weighted by Gasteiger charge is 2.38. The van der Waals surface area contributed by atoms with Gasteiger partial charge in [0.25, 0.3) is 17.7 Å². The molecule has 75 heavy (non-hydrogen) atoms. The van der Waals surface area contributed by atoms with Crippen molar-refractivity contribution in [2.24, 2.45) is 29.2 Å². The number of benzene rings is 1. The number of ether oxygens (including phenoxy) is 1. The maximum atomic E-state index is 14.4. The molecule has 2 aliphatic rings. The maximum absolute atomic E-state index is 14.4. The van der Waals surface area contributed by atoms with E-state index in [9.17, 15) is 43.2 Å². The van der Waals surface area contributed by atoms with Crippen molar-refractivity contribution in [1.82, 2.24) is 35.6 Å². The molecule has 2 aliphatic heterocycles. The average molecular weight is 1060 g/mol. The van der Waals surface area contributed by atoms with E-state index >= 15 is 0 Å². The van der Waals surface area contributed by atoms with Crippen molar-refractivity contribution in [2.75, 3.05) is 39.0 Å². The first-order valence-electron chi connectivity index (χ1n) is 26.6. The van der Waals surface area contributed by atoms with Crippen LogP contribution in [0.2, 0.25) is 0 Å². The number of hydrogen-bond donors (Lipinski definition) is 6. The predicted octanol–water partition coefficient (Wildman–Crippen LogP) is 4.53. The Balaban J connectivity index is 1.42. The molecule has 8 unspecified atom stereocenters. The SMILES string of the molecule is CCC(C)C(NC(=O)C1CCCCN1C)C(=O)N(C)C(CC(OC(C)=O)c1nc(C(=O)NC(Cc2ccc(NC(=O)C(CCCCN)NC(=O)CCCCCN3C(=O)C=CC3=O)cc2)CC(C)C(N)=O)cs1)C(C)C. The molecule has 8 atom stereocenters. The van der Waals surface area contributed by atoms with Crippen molar-refractivity contribution in [1.29, 1.82) is 0 Å². The van der Waals surface area contributed by atoms with E-state index in [1.807, 2.05) is 39.6 Å². The van der Waals surface area contributed by atoms with Gasteiger partial charge in [-0.15, -0.1) is 11.3 Å². The van der Waals surface area contributed by atoms with E-state index < -0.39 is 59.9 Å². The fourth-order valence-electron chi connectivity index (χ4n) is 9.40. The van der Waals surface area contributed by atoms with Gasteiger partial charge in [-0.05, 0) is 107 Å². The minimum atomic E-state index is -0.909. The highest BCUT2D eigenvalue weighted by Crippen LogP contribution is 2.31. The molecule has 1 aromatic heterocycles. The van der Waals surface area contributed by atoms with Crippen molar-refractivity contribution < 1.29 is 47.9 Å². The minimum Gasteiger partial charge on any atom is -0.455 e. The molecule has 2 aromatic rings. The number of piperidine rings is 1. The van der Waals surface area contributed by atoms with E-state index in [-0.39, 0.29) is 85.3 Å². The molecule has 21 heteroatoms. The van der Waals surface area contributed by atoms with Crippen LogP contribution in [0.25, 0.3) is 0 Å². The quantitative estimate of drug-likeness (QED) is 0.0345. The topological polar surface area (TPSA) is 286 Å². The second-order valence-electron chi connectivity index (χ2n) is 20.5. The number of likely N-dealkylation sites (N-methyl/N-ethyl adjacent to an activating group) is 2. The second kappa shape index (κ2) is 30.5. The lowest BCUT2D eigenvalue weighted by atomic mass is 9.92. The molecule has 414 valence electrons. The van der Waals surface area contributed by atoms with Crippen LogP contribution in [0.1, 0.15) is 152 Å². The Morgan fingerprint density at radius 3 is 2.21 bits per heavy atom. The summed E-state index contributed by atoms with van der Waals surface area (Å²) in [7, 11) is 3.63. The lowest BCUT2D eigenvalue weighted by molar-refractivity contribution is -0.149. The third-order valence-corrected chi connectivity index (χ3v) is 15.1. The molecule has 1 aromatic carbocycles. The molecule has 8 amide bonds. The maximum Gasteiger partial charge on any atom is 0.303 e. The number of nitrogens with zero attached hydrogens (tertiary/aromatic N) is 4. The van der Waals surface area contributed by atoms with Gasteiger partial charge >= 0.3 is 5.97 Å². The Hall–Kier alpha value is -6.06. The average Bonchev–Trinajstić information content (AvgIpc) is 3.99. The first kappa shape index (κ1) is 61.5. The van der Waals surface area contributed by atoms with Crippen LogP contribution in [0.15, 0.2) is 41.8 Å². The number of primary amides is 1. The summed E-state index contributed by atoms with van der Waals surface area (Å²) in [5.74, 6) is -4.27. The Morgan fingerprint density at radius 1 is 0.907 bits per heavy atom. The summed E-state index contributed by atoms with van der Waals surface area (Å²) in [6.45, 7) is 12.3. The van der Waals surface area contributed by atoms with Crippen molar-refractivity contribution in [2.45, 2.75) is 168 Å². The molecule has 3 heterocycles. The molecule has 1 fully saturated rings. The Bertz CT molecular complexity index is 2290. The molecule has 1 saturated heterocycles. The Labute approximate surface area is 446 Å². The molecular weight excluding hydrogens is 981 g/mol. The number of likely N-dealkylation sites (tertiary alicyclic amines) is 1. The van der Waals surface area contributed by atoms with Crippen molar-refractivity contribution in [3.63, 3.8) is 0 Å². The fraction of sp³-hybridized carbons (Fsp3) is 0.630. The van der Waals surface area contributed by atoms with Gasteiger partial charge in [-0.2, -0.15) is 0 Å². The number of thiazole rings is 1. The zero-order valence-electron chi connectivity index (χ0n) is 45.2. The lowest BCUT2D eigenvalue weighted by Crippen LogP contribution is -2.58. The van der Waals surface area contributed by atoms with Crippen LogP contribution in [0.4, 0.5) is 5.69 Å². The molecule has 0 saturated carbocycles. The lowest BCUT2D eigenvalue weighted by Gasteiger charge is -2.38. The number of imide groups is 1. The predicted molar refractivity (Wildman–Crippen MR) is 286 cm³/mol.